The number of hydrogen-bond acceptors (Lipinski definition) is 1. The van der Waals surface area contributed by atoms with Crippen LogP contribution in [0, 0.1) is 6.92 Å². The molecule has 112 valence electrons. The van der Waals surface area contributed by atoms with Gasteiger partial charge in [0.15, 0.2) is 0 Å². The molecular formula is C16H15BrF3N. The predicted octanol–water partition coefficient (Wildman–Crippen LogP) is 5.09. The van der Waals surface area contributed by atoms with Crippen molar-refractivity contribution in [3.63, 3.8) is 0 Å². The number of halogens is 4. The molecule has 1 unspecified atom stereocenters. The minimum absolute atomic E-state index is 0.0541. The van der Waals surface area contributed by atoms with Crippen LogP contribution in [0.25, 0.3) is 0 Å². The Hall–Kier alpha value is -1.33. The van der Waals surface area contributed by atoms with E-state index in [-0.39, 0.29) is 10.5 Å². The van der Waals surface area contributed by atoms with E-state index in [2.05, 4.69) is 21.2 Å². The lowest BCUT2D eigenvalue weighted by molar-refractivity contribution is -0.138. The zero-order chi connectivity index (χ0) is 15.6. The molecular weight excluding hydrogens is 343 g/mol. The highest BCUT2D eigenvalue weighted by Gasteiger charge is 2.33. The summed E-state index contributed by atoms with van der Waals surface area (Å²) < 4.78 is 39.1. The second-order valence-electron chi connectivity index (χ2n) is 4.82. The normalized spacial score (nSPS) is 13.2. The van der Waals surface area contributed by atoms with Gasteiger partial charge >= 0.3 is 6.18 Å². The van der Waals surface area contributed by atoms with Crippen LogP contribution in [0.2, 0.25) is 0 Å². The van der Waals surface area contributed by atoms with Crippen LogP contribution in [-0.2, 0) is 6.18 Å². The molecule has 2 rings (SSSR count). The van der Waals surface area contributed by atoms with Crippen LogP contribution in [0.1, 0.15) is 28.3 Å². The Bertz CT molecular complexity index is 638. The fraction of sp³-hybridized carbons (Fsp3) is 0.250. The average Bonchev–Trinajstić information content (AvgIpc) is 2.42. The van der Waals surface area contributed by atoms with Gasteiger partial charge < -0.3 is 5.32 Å². The van der Waals surface area contributed by atoms with E-state index in [0.717, 1.165) is 11.1 Å². The first-order chi connectivity index (χ1) is 9.84. The van der Waals surface area contributed by atoms with Crippen molar-refractivity contribution in [3.8, 4) is 0 Å². The van der Waals surface area contributed by atoms with Gasteiger partial charge in [-0.05, 0) is 42.8 Å². The van der Waals surface area contributed by atoms with E-state index in [1.807, 2.05) is 31.2 Å². The summed E-state index contributed by atoms with van der Waals surface area (Å²) in [4.78, 5) is 0. The molecule has 21 heavy (non-hydrogen) atoms. The molecule has 1 N–H and O–H groups in total. The first-order valence-electron chi connectivity index (χ1n) is 6.44. The van der Waals surface area contributed by atoms with Crippen LogP contribution in [-0.4, -0.2) is 7.05 Å². The van der Waals surface area contributed by atoms with Gasteiger partial charge in [-0.2, -0.15) is 13.2 Å². The highest BCUT2D eigenvalue weighted by atomic mass is 79.9. The summed E-state index contributed by atoms with van der Waals surface area (Å²) >= 11 is 2.97. The summed E-state index contributed by atoms with van der Waals surface area (Å²) in [5.41, 5.74) is 1.93. The Morgan fingerprint density at radius 2 is 1.76 bits per heavy atom. The highest BCUT2D eigenvalue weighted by Crippen LogP contribution is 2.37. The number of benzene rings is 2. The van der Waals surface area contributed by atoms with E-state index < -0.39 is 11.7 Å². The monoisotopic (exact) mass is 357 g/mol. The third-order valence-corrected chi connectivity index (χ3v) is 4.11. The van der Waals surface area contributed by atoms with Gasteiger partial charge in [-0.3, -0.25) is 0 Å². The molecule has 0 bridgehead atoms. The van der Waals surface area contributed by atoms with Crippen molar-refractivity contribution < 1.29 is 13.2 Å². The highest BCUT2D eigenvalue weighted by molar-refractivity contribution is 9.10. The third kappa shape index (κ3) is 3.47. The fourth-order valence-corrected chi connectivity index (χ4v) is 2.82. The predicted molar refractivity (Wildman–Crippen MR) is 81.2 cm³/mol. The molecule has 0 fully saturated rings. The number of hydrogen-bond donors (Lipinski definition) is 1. The van der Waals surface area contributed by atoms with Gasteiger partial charge in [0.25, 0.3) is 0 Å². The SMILES string of the molecule is CNC(c1ccc(Br)c(C(F)(F)F)c1)c1ccccc1C. The topological polar surface area (TPSA) is 12.0 Å². The van der Waals surface area contributed by atoms with Crippen molar-refractivity contribution in [1.82, 2.24) is 5.32 Å². The molecule has 0 saturated carbocycles. The Morgan fingerprint density at radius 3 is 2.33 bits per heavy atom. The Balaban J connectivity index is 2.52. The van der Waals surface area contributed by atoms with Crippen molar-refractivity contribution >= 4 is 15.9 Å². The van der Waals surface area contributed by atoms with Crippen molar-refractivity contribution in [2.75, 3.05) is 7.05 Å². The molecule has 0 aliphatic heterocycles. The summed E-state index contributed by atoms with van der Waals surface area (Å²) in [6.07, 6.45) is -4.38. The van der Waals surface area contributed by atoms with Crippen LogP contribution in [0.4, 0.5) is 13.2 Å². The lowest BCUT2D eigenvalue weighted by Gasteiger charge is -2.21. The molecule has 1 atom stereocenters. The molecule has 0 aromatic heterocycles. The van der Waals surface area contributed by atoms with E-state index in [1.54, 1.807) is 13.1 Å². The fourth-order valence-electron chi connectivity index (χ4n) is 2.35. The Labute approximate surface area is 130 Å². The third-order valence-electron chi connectivity index (χ3n) is 3.42. The van der Waals surface area contributed by atoms with Gasteiger partial charge in [-0.25, -0.2) is 0 Å². The largest absolute Gasteiger partial charge is 0.417 e. The molecule has 0 amide bonds. The molecule has 0 saturated heterocycles. The Kier molecular flexibility index (Phi) is 4.74. The van der Waals surface area contributed by atoms with Crippen LogP contribution >= 0.6 is 15.9 Å². The number of nitrogens with one attached hydrogen (secondary N) is 1. The van der Waals surface area contributed by atoms with Crippen LogP contribution in [0.5, 0.6) is 0 Å². The number of rotatable bonds is 3. The van der Waals surface area contributed by atoms with Crippen molar-refractivity contribution in [2.24, 2.45) is 0 Å². The molecule has 5 heteroatoms. The standard InChI is InChI=1S/C16H15BrF3N/c1-10-5-3-4-6-12(10)15(21-2)11-7-8-14(17)13(9-11)16(18,19)20/h3-9,15,21H,1-2H3. The molecule has 0 radical (unpaired) electrons. The molecule has 2 aromatic rings. The summed E-state index contributed by atoms with van der Waals surface area (Å²) in [7, 11) is 1.74. The summed E-state index contributed by atoms with van der Waals surface area (Å²) in [6, 6.07) is 11.7. The molecule has 1 nitrogen and oxygen atoms in total. The van der Waals surface area contributed by atoms with Crippen molar-refractivity contribution in [2.45, 2.75) is 19.1 Å². The van der Waals surface area contributed by atoms with Crippen molar-refractivity contribution in [3.05, 3.63) is 69.2 Å². The summed E-state index contributed by atoms with van der Waals surface area (Å²) in [6.45, 7) is 1.95. The second-order valence-corrected chi connectivity index (χ2v) is 5.67. The van der Waals surface area contributed by atoms with Gasteiger partial charge in [0.1, 0.15) is 0 Å². The average molecular weight is 358 g/mol. The van der Waals surface area contributed by atoms with E-state index in [0.29, 0.717) is 5.56 Å². The lowest BCUT2D eigenvalue weighted by Crippen LogP contribution is -2.19. The smallest absolute Gasteiger partial charge is 0.309 e. The Morgan fingerprint density at radius 1 is 1.10 bits per heavy atom. The number of alkyl halides is 3. The van der Waals surface area contributed by atoms with E-state index in [1.165, 1.54) is 12.1 Å². The van der Waals surface area contributed by atoms with Crippen LogP contribution in [0.3, 0.4) is 0 Å². The van der Waals surface area contributed by atoms with E-state index >= 15 is 0 Å². The second kappa shape index (κ2) is 6.20. The van der Waals surface area contributed by atoms with E-state index in [9.17, 15) is 13.2 Å². The summed E-state index contributed by atoms with van der Waals surface area (Å²) in [5.74, 6) is 0. The zero-order valence-corrected chi connectivity index (χ0v) is 13.2. The lowest BCUT2D eigenvalue weighted by atomic mass is 9.94. The maximum absolute atomic E-state index is 13.0. The summed E-state index contributed by atoms with van der Waals surface area (Å²) in [5, 5.41) is 3.09. The number of aryl methyl sites for hydroxylation is 1. The minimum Gasteiger partial charge on any atom is -0.309 e. The van der Waals surface area contributed by atoms with Gasteiger partial charge in [0, 0.05) is 4.47 Å². The van der Waals surface area contributed by atoms with Crippen LogP contribution < -0.4 is 5.32 Å². The molecule has 2 aromatic carbocycles. The maximum Gasteiger partial charge on any atom is 0.417 e. The molecule has 0 aliphatic carbocycles. The molecule has 0 heterocycles. The van der Waals surface area contributed by atoms with Gasteiger partial charge in [0.05, 0.1) is 11.6 Å². The minimum atomic E-state index is -4.38. The van der Waals surface area contributed by atoms with E-state index in [4.69, 9.17) is 0 Å². The molecule has 0 aliphatic rings. The maximum atomic E-state index is 13.0. The first kappa shape index (κ1) is 16.0. The van der Waals surface area contributed by atoms with Crippen molar-refractivity contribution in [1.29, 1.82) is 0 Å². The quantitative estimate of drug-likeness (QED) is 0.806. The molecule has 0 spiro atoms. The van der Waals surface area contributed by atoms with Gasteiger partial charge in [-0.15, -0.1) is 0 Å². The van der Waals surface area contributed by atoms with Crippen LogP contribution in [0.15, 0.2) is 46.9 Å². The van der Waals surface area contributed by atoms with Gasteiger partial charge in [0.2, 0.25) is 0 Å². The van der Waals surface area contributed by atoms with Gasteiger partial charge in [-0.1, -0.05) is 46.3 Å². The zero-order valence-electron chi connectivity index (χ0n) is 11.6. The first-order valence-corrected chi connectivity index (χ1v) is 7.23.